The minimum absolute atomic E-state index is 0.00638. The van der Waals surface area contributed by atoms with Crippen LogP contribution in [0.2, 0.25) is 0 Å². The Labute approximate surface area is 190 Å². The first kappa shape index (κ1) is 23.3. The van der Waals surface area contributed by atoms with Crippen LogP contribution in [-0.4, -0.2) is 54.8 Å². The first-order chi connectivity index (χ1) is 15.5. The van der Waals surface area contributed by atoms with E-state index in [0.717, 1.165) is 42.2 Å². The lowest BCUT2D eigenvalue weighted by molar-refractivity contribution is -0.128. The van der Waals surface area contributed by atoms with E-state index in [2.05, 4.69) is 39.9 Å². The van der Waals surface area contributed by atoms with E-state index < -0.39 is 0 Å². The average Bonchev–Trinajstić information content (AvgIpc) is 3.20. The van der Waals surface area contributed by atoms with Crippen molar-refractivity contribution >= 4 is 17.8 Å². The number of likely N-dealkylation sites (tertiary alicyclic amines) is 1. The minimum Gasteiger partial charge on any atom is -0.357 e. The molecule has 2 amide bonds. The maximum atomic E-state index is 12.0. The van der Waals surface area contributed by atoms with Gasteiger partial charge >= 0.3 is 0 Å². The molecule has 2 aromatic rings. The summed E-state index contributed by atoms with van der Waals surface area (Å²) < 4.78 is 0. The van der Waals surface area contributed by atoms with Crippen molar-refractivity contribution in [1.82, 2.24) is 20.4 Å². The highest BCUT2D eigenvalue weighted by Gasteiger charge is 2.19. The van der Waals surface area contributed by atoms with Crippen LogP contribution in [0, 0.1) is 0 Å². The maximum absolute atomic E-state index is 12.0. The second-order valence-electron chi connectivity index (χ2n) is 8.18. The Morgan fingerprint density at radius 3 is 2.25 bits per heavy atom. The molecule has 0 aromatic heterocycles. The Bertz CT molecular complexity index is 936. The van der Waals surface area contributed by atoms with E-state index in [1.54, 1.807) is 19.0 Å². The molecule has 1 fully saturated rings. The number of nitrogens with one attached hydrogen (secondary N) is 2. The van der Waals surface area contributed by atoms with Crippen LogP contribution in [0.5, 0.6) is 0 Å². The van der Waals surface area contributed by atoms with Gasteiger partial charge in [0.15, 0.2) is 5.96 Å². The lowest BCUT2D eigenvalue weighted by Crippen LogP contribution is -2.36. The third-order valence-corrected chi connectivity index (χ3v) is 5.40. The monoisotopic (exact) mass is 435 g/mol. The molecule has 170 valence electrons. The third kappa shape index (κ3) is 6.57. The molecule has 0 unspecified atom stereocenters. The molecule has 3 rings (SSSR count). The molecule has 0 spiro atoms. The average molecular weight is 436 g/mol. The summed E-state index contributed by atoms with van der Waals surface area (Å²) in [4.78, 5) is 32.0. The number of guanidine groups is 1. The van der Waals surface area contributed by atoms with E-state index in [1.807, 2.05) is 36.1 Å². The molecule has 7 heteroatoms. The van der Waals surface area contributed by atoms with Crippen LogP contribution in [0.4, 0.5) is 0 Å². The van der Waals surface area contributed by atoms with Crippen LogP contribution < -0.4 is 10.6 Å². The van der Waals surface area contributed by atoms with Gasteiger partial charge in [-0.3, -0.25) is 9.59 Å². The number of nitrogens with zero attached hydrogens (tertiary/aromatic N) is 3. The van der Waals surface area contributed by atoms with Gasteiger partial charge in [0, 0.05) is 52.3 Å². The fourth-order valence-corrected chi connectivity index (χ4v) is 3.56. The predicted octanol–water partition coefficient (Wildman–Crippen LogP) is 2.77. The van der Waals surface area contributed by atoms with E-state index in [-0.39, 0.29) is 11.8 Å². The molecule has 0 atom stereocenters. The fraction of sp³-hybridized carbons (Fsp3) is 0.400. The Morgan fingerprint density at radius 1 is 1.00 bits per heavy atom. The van der Waals surface area contributed by atoms with Crippen molar-refractivity contribution < 1.29 is 9.59 Å². The van der Waals surface area contributed by atoms with Crippen LogP contribution in [0.25, 0.3) is 0 Å². The van der Waals surface area contributed by atoms with Crippen LogP contribution >= 0.6 is 0 Å². The lowest BCUT2D eigenvalue weighted by Gasteiger charge is -2.16. The van der Waals surface area contributed by atoms with Gasteiger partial charge in [0.1, 0.15) is 0 Å². The number of amides is 2. The number of hydrogen-bond acceptors (Lipinski definition) is 3. The summed E-state index contributed by atoms with van der Waals surface area (Å²) in [6.07, 6.45) is 1.64. The topological polar surface area (TPSA) is 77.0 Å². The molecule has 1 heterocycles. The van der Waals surface area contributed by atoms with E-state index in [9.17, 15) is 9.59 Å². The highest BCUT2D eigenvalue weighted by atomic mass is 16.2. The van der Waals surface area contributed by atoms with E-state index in [0.29, 0.717) is 31.6 Å². The predicted molar refractivity (Wildman–Crippen MR) is 127 cm³/mol. The quantitative estimate of drug-likeness (QED) is 0.494. The Morgan fingerprint density at radius 2 is 1.66 bits per heavy atom. The summed E-state index contributed by atoms with van der Waals surface area (Å²) in [5.41, 5.74) is 4.02. The summed E-state index contributed by atoms with van der Waals surface area (Å²) in [6.45, 7) is 5.53. The summed E-state index contributed by atoms with van der Waals surface area (Å²) in [5, 5.41) is 6.63. The number of rotatable bonds is 8. The number of aliphatic imine (C=N–C) groups is 1. The third-order valence-electron chi connectivity index (χ3n) is 5.40. The molecule has 0 bridgehead atoms. The Hall–Kier alpha value is -3.35. The van der Waals surface area contributed by atoms with Crippen LogP contribution in [-0.2, 0) is 24.4 Å². The van der Waals surface area contributed by atoms with Crippen LogP contribution in [0.15, 0.2) is 53.5 Å². The first-order valence-corrected chi connectivity index (χ1v) is 11.1. The van der Waals surface area contributed by atoms with Gasteiger partial charge in [-0.05, 0) is 42.2 Å². The smallest absolute Gasteiger partial charge is 0.253 e. The van der Waals surface area contributed by atoms with E-state index >= 15 is 0 Å². The van der Waals surface area contributed by atoms with Gasteiger partial charge in [-0.2, -0.15) is 0 Å². The second-order valence-corrected chi connectivity index (χ2v) is 8.18. The minimum atomic E-state index is -0.00638. The summed E-state index contributed by atoms with van der Waals surface area (Å²) in [7, 11) is 3.49. The zero-order chi connectivity index (χ0) is 22.9. The SMILES string of the molecule is CCNC(=NCc1ccc(C(=O)N(C)C)cc1)NCc1ccc(CN2CCCC2=O)cc1. The van der Waals surface area contributed by atoms with Gasteiger partial charge < -0.3 is 20.4 Å². The van der Waals surface area contributed by atoms with Crippen molar-refractivity contribution in [2.24, 2.45) is 4.99 Å². The van der Waals surface area contributed by atoms with Gasteiger partial charge in [-0.1, -0.05) is 36.4 Å². The molecule has 0 saturated carbocycles. The van der Waals surface area contributed by atoms with Crippen molar-refractivity contribution in [2.75, 3.05) is 27.2 Å². The second kappa shape index (κ2) is 11.3. The zero-order valence-electron chi connectivity index (χ0n) is 19.2. The molecule has 2 aromatic carbocycles. The van der Waals surface area contributed by atoms with Crippen LogP contribution in [0.3, 0.4) is 0 Å². The Kier molecular flexibility index (Phi) is 8.25. The van der Waals surface area contributed by atoms with E-state index in [1.165, 1.54) is 0 Å². The largest absolute Gasteiger partial charge is 0.357 e. The van der Waals surface area contributed by atoms with Crippen molar-refractivity contribution in [1.29, 1.82) is 0 Å². The van der Waals surface area contributed by atoms with Crippen molar-refractivity contribution in [3.63, 3.8) is 0 Å². The summed E-state index contributed by atoms with van der Waals surface area (Å²) in [5.74, 6) is 0.988. The van der Waals surface area contributed by atoms with Gasteiger partial charge in [0.25, 0.3) is 5.91 Å². The van der Waals surface area contributed by atoms with Gasteiger partial charge in [-0.25, -0.2) is 4.99 Å². The molecule has 0 radical (unpaired) electrons. The van der Waals surface area contributed by atoms with Crippen molar-refractivity contribution in [3.05, 3.63) is 70.8 Å². The molecule has 0 aliphatic carbocycles. The van der Waals surface area contributed by atoms with Gasteiger partial charge in [-0.15, -0.1) is 0 Å². The molecule has 7 nitrogen and oxygen atoms in total. The van der Waals surface area contributed by atoms with Gasteiger partial charge in [0.2, 0.25) is 5.91 Å². The lowest BCUT2D eigenvalue weighted by atomic mass is 10.1. The molecule has 2 N–H and O–H groups in total. The van der Waals surface area contributed by atoms with Gasteiger partial charge in [0.05, 0.1) is 6.54 Å². The number of carbonyl (C=O) groups excluding carboxylic acids is 2. The Balaban J connectivity index is 1.53. The molecule has 1 saturated heterocycles. The van der Waals surface area contributed by atoms with Crippen LogP contribution in [0.1, 0.15) is 46.8 Å². The number of benzene rings is 2. The molecule has 1 aliphatic rings. The molecular weight excluding hydrogens is 402 g/mol. The fourth-order valence-electron chi connectivity index (χ4n) is 3.56. The number of carbonyl (C=O) groups is 2. The zero-order valence-corrected chi connectivity index (χ0v) is 19.2. The highest BCUT2D eigenvalue weighted by molar-refractivity contribution is 5.93. The number of hydrogen-bond donors (Lipinski definition) is 2. The molecule has 32 heavy (non-hydrogen) atoms. The van der Waals surface area contributed by atoms with Crippen molar-refractivity contribution in [3.8, 4) is 0 Å². The summed E-state index contributed by atoms with van der Waals surface area (Å²) >= 11 is 0. The normalized spacial score (nSPS) is 13.9. The van der Waals surface area contributed by atoms with E-state index in [4.69, 9.17) is 0 Å². The summed E-state index contributed by atoms with van der Waals surface area (Å²) in [6, 6.07) is 15.9. The molecule has 1 aliphatic heterocycles. The maximum Gasteiger partial charge on any atom is 0.253 e. The van der Waals surface area contributed by atoms with Crippen molar-refractivity contribution in [2.45, 2.75) is 39.4 Å². The first-order valence-electron chi connectivity index (χ1n) is 11.1. The standard InChI is InChI=1S/C25H33N5O2/c1-4-26-25(28-17-20-11-13-22(14-12-20)24(32)29(2)3)27-16-19-7-9-21(10-8-19)18-30-15-5-6-23(30)31/h7-14H,4-6,15-18H2,1-3H3,(H2,26,27,28). The highest BCUT2D eigenvalue weighted by Crippen LogP contribution is 2.15. The molecular formula is C25H33N5O2.